The minimum absolute atomic E-state index is 0.0131. The molecule has 0 saturated heterocycles. The van der Waals surface area contributed by atoms with E-state index in [-0.39, 0.29) is 18.7 Å². The summed E-state index contributed by atoms with van der Waals surface area (Å²) in [6.45, 7) is 2.64. The Kier molecular flexibility index (Phi) is 7.68. The highest BCUT2D eigenvalue weighted by Crippen LogP contribution is 2.22. The van der Waals surface area contributed by atoms with Crippen LogP contribution in [-0.4, -0.2) is 23.5 Å². The smallest absolute Gasteiger partial charge is 0.303 e. The highest BCUT2D eigenvalue weighted by Gasteiger charge is 2.05. The Hall–Kier alpha value is -2.82. The van der Waals surface area contributed by atoms with Gasteiger partial charge in [0.25, 0.3) is 0 Å². The van der Waals surface area contributed by atoms with Crippen LogP contribution in [0.5, 0.6) is 11.5 Å². The molecule has 1 amide bonds. The van der Waals surface area contributed by atoms with E-state index in [1.54, 1.807) is 0 Å². The lowest BCUT2D eigenvalue weighted by Gasteiger charge is -2.08. The molecule has 0 unspecified atom stereocenters. The van der Waals surface area contributed by atoms with E-state index in [1.807, 2.05) is 36.4 Å². The number of carboxylic acids is 1. The van der Waals surface area contributed by atoms with Crippen molar-refractivity contribution in [2.45, 2.75) is 39.0 Å². The van der Waals surface area contributed by atoms with Gasteiger partial charge in [-0.25, -0.2) is 0 Å². The largest absolute Gasteiger partial charge is 0.481 e. The maximum Gasteiger partial charge on any atom is 0.303 e. The third-order valence-electron chi connectivity index (χ3n) is 3.92. The Morgan fingerprint density at radius 1 is 0.885 bits per heavy atom. The molecule has 0 bridgehead atoms. The van der Waals surface area contributed by atoms with Gasteiger partial charge in [0.15, 0.2) is 0 Å². The van der Waals surface area contributed by atoms with Crippen LogP contribution in [0.15, 0.2) is 48.5 Å². The van der Waals surface area contributed by atoms with Crippen LogP contribution in [0.1, 0.15) is 37.3 Å². The molecule has 0 radical (unpaired) electrons. The van der Waals surface area contributed by atoms with Crippen LogP contribution in [0.4, 0.5) is 0 Å². The Morgan fingerprint density at radius 3 is 1.92 bits per heavy atom. The summed E-state index contributed by atoms with van der Waals surface area (Å²) in [5, 5.41) is 11.3. The normalized spacial score (nSPS) is 10.3. The molecule has 2 aromatic rings. The SMILES string of the molecule is CCCc1ccc(Oc2ccc(CCNC(=O)CCC(=O)O)cc2)cc1. The molecule has 0 aliphatic heterocycles. The first-order chi connectivity index (χ1) is 12.6. The van der Waals surface area contributed by atoms with E-state index in [2.05, 4.69) is 24.4 Å². The van der Waals surface area contributed by atoms with Crippen molar-refractivity contribution in [2.24, 2.45) is 0 Å². The summed E-state index contributed by atoms with van der Waals surface area (Å²) in [6.07, 6.45) is 2.75. The molecule has 26 heavy (non-hydrogen) atoms. The third kappa shape index (κ3) is 6.97. The Bertz CT molecular complexity index is 708. The molecule has 2 rings (SSSR count). The molecule has 138 valence electrons. The number of aryl methyl sites for hydroxylation is 1. The van der Waals surface area contributed by atoms with Gasteiger partial charge in [0.05, 0.1) is 6.42 Å². The Labute approximate surface area is 154 Å². The van der Waals surface area contributed by atoms with Gasteiger partial charge in [-0.3, -0.25) is 9.59 Å². The number of benzene rings is 2. The molecule has 0 aromatic heterocycles. The zero-order valence-electron chi connectivity index (χ0n) is 15.0. The number of carbonyl (C=O) groups excluding carboxylic acids is 1. The summed E-state index contributed by atoms with van der Waals surface area (Å²) < 4.78 is 5.84. The minimum atomic E-state index is -0.962. The summed E-state index contributed by atoms with van der Waals surface area (Å²) in [6, 6.07) is 15.9. The average Bonchev–Trinajstić information content (AvgIpc) is 2.63. The molecule has 0 heterocycles. The molecule has 0 fully saturated rings. The lowest BCUT2D eigenvalue weighted by molar-refractivity contribution is -0.138. The summed E-state index contributed by atoms with van der Waals surface area (Å²) in [7, 11) is 0. The fraction of sp³-hybridized carbons (Fsp3) is 0.333. The second-order valence-corrected chi connectivity index (χ2v) is 6.13. The van der Waals surface area contributed by atoms with Crippen LogP contribution in [0, 0.1) is 0 Å². The van der Waals surface area contributed by atoms with Gasteiger partial charge in [-0.15, -0.1) is 0 Å². The number of hydrogen-bond donors (Lipinski definition) is 2. The van der Waals surface area contributed by atoms with Crippen molar-refractivity contribution in [2.75, 3.05) is 6.54 Å². The lowest BCUT2D eigenvalue weighted by atomic mass is 10.1. The summed E-state index contributed by atoms with van der Waals surface area (Å²) in [5.41, 5.74) is 2.38. The van der Waals surface area contributed by atoms with Crippen molar-refractivity contribution in [1.29, 1.82) is 0 Å². The van der Waals surface area contributed by atoms with Crippen molar-refractivity contribution in [3.63, 3.8) is 0 Å². The maximum atomic E-state index is 11.5. The van der Waals surface area contributed by atoms with E-state index >= 15 is 0 Å². The van der Waals surface area contributed by atoms with E-state index < -0.39 is 5.97 Å². The summed E-state index contributed by atoms with van der Waals surface area (Å²) in [4.78, 5) is 21.9. The van der Waals surface area contributed by atoms with Crippen LogP contribution >= 0.6 is 0 Å². The van der Waals surface area contributed by atoms with Crippen molar-refractivity contribution in [3.05, 3.63) is 59.7 Å². The number of aliphatic carboxylic acids is 1. The van der Waals surface area contributed by atoms with Gasteiger partial charge in [0.2, 0.25) is 5.91 Å². The first-order valence-corrected chi connectivity index (χ1v) is 8.91. The average molecular weight is 355 g/mol. The molecule has 5 heteroatoms. The van der Waals surface area contributed by atoms with E-state index in [4.69, 9.17) is 9.84 Å². The summed E-state index contributed by atoms with van der Waals surface area (Å²) >= 11 is 0. The predicted molar refractivity (Wildman–Crippen MR) is 101 cm³/mol. The van der Waals surface area contributed by atoms with Gasteiger partial charge in [-0.05, 0) is 48.2 Å². The molecular weight excluding hydrogens is 330 g/mol. The van der Waals surface area contributed by atoms with Crippen LogP contribution in [0.25, 0.3) is 0 Å². The lowest BCUT2D eigenvalue weighted by Crippen LogP contribution is -2.25. The number of hydrogen-bond acceptors (Lipinski definition) is 3. The van der Waals surface area contributed by atoms with Crippen LogP contribution in [-0.2, 0) is 22.4 Å². The number of nitrogens with one attached hydrogen (secondary N) is 1. The Balaban J connectivity index is 1.77. The van der Waals surface area contributed by atoms with Crippen molar-refractivity contribution in [3.8, 4) is 11.5 Å². The predicted octanol–water partition coefficient (Wildman–Crippen LogP) is 3.95. The quantitative estimate of drug-likeness (QED) is 0.676. The number of amides is 1. The summed E-state index contributed by atoms with van der Waals surface area (Å²) in [5.74, 6) is 0.375. The maximum absolute atomic E-state index is 11.5. The number of carboxylic acid groups (broad SMARTS) is 1. The van der Waals surface area contributed by atoms with Crippen LogP contribution in [0.3, 0.4) is 0 Å². The molecule has 2 N–H and O–H groups in total. The number of ether oxygens (including phenoxy) is 1. The minimum Gasteiger partial charge on any atom is -0.481 e. The van der Waals surface area contributed by atoms with Gasteiger partial charge in [0, 0.05) is 13.0 Å². The first kappa shape index (κ1) is 19.5. The van der Waals surface area contributed by atoms with Gasteiger partial charge < -0.3 is 15.2 Å². The first-order valence-electron chi connectivity index (χ1n) is 8.91. The molecule has 0 saturated carbocycles. The highest BCUT2D eigenvalue weighted by atomic mass is 16.5. The number of carbonyl (C=O) groups is 2. The van der Waals surface area contributed by atoms with Gasteiger partial charge in [-0.1, -0.05) is 37.6 Å². The fourth-order valence-electron chi connectivity index (χ4n) is 2.53. The molecule has 0 aliphatic carbocycles. The third-order valence-corrected chi connectivity index (χ3v) is 3.92. The van der Waals surface area contributed by atoms with Gasteiger partial charge in [0.1, 0.15) is 11.5 Å². The van der Waals surface area contributed by atoms with E-state index in [0.717, 1.165) is 29.9 Å². The topological polar surface area (TPSA) is 75.6 Å². The molecule has 2 aromatic carbocycles. The van der Waals surface area contributed by atoms with E-state index in [0.29, 0.717) is 13.0 Å². The zero-order chi connectivity index (χ0) is 18.8. The monoisotopic (exact) mass is 355 g/mol. The molecule has 5 nitrogen and oxygen atoms in total. The highest BCUT2D eigenvalue weighted by molar-refractivity contribution is 5.80. The standard InChI is InChI=1S/C21H25NO4/c1-2-3-16-4-8-18(9-5-16)26-19-10-6-17(7-11-19)14-15-22-20(23)12-13-21(24)25/h4-11H,2-3,12-15H2,1H3,(H,22,23)(H,24,25). The second kappa shape index (κ2) is 10.2. The van der Waals surface area contributed by atoms with Crippen LogP contribution in [0.2, 0.25) is 0 Å². The van der Waals surface area contributed by atoms with E-state index in [9.17, 15) is 9.59 Å². The van der Waals surface area contributed by atoms with Gasteiger partial charge in [-0.2, -0.15) is 0 Å². The van der Waals surface area contributed by atoms with Crippen molar-refractivity contribution in [1.82, 2.24) is 5.32 Å². The van der Waals surface area contributed by atoms with Crippen molar-refractivity contribution < 1.29 is 19.4 Å². The van der Waals surface area contributed by atoms with Crippen LogP contribution < -0.4 is 10.1 Å². The molecule has 0 atom stereocenters. The van der Waals surface area contributed by atoms with Gasteiger partial charge >= 0.3 is 5.97 Å². The second-order valence-electron chi connectivity index (χ2n) is 6.13. The molecular formula is C21H25NO4. The Morgan fingerprint density at radius 2 is 1.42 bits per heavy atom. The number of rotatable bonds is 10. The van der Waals surface area contributed by atoms with Crippen molar-refractivity contribution >= 4 is 11.9 Å². The molecule has 0 spiro atoms. The zero-order valence-corrected chi connectivity index (χ0v) is 15.0. The molecule has 0 aliphatic rings. The fourth-order valence-corrected chi connectivity index (χ4v) is 2.53. The van der Waals surface area contributed by atoms with E-state index in [1.165, 1.54) is 5.56 Å².